The molecule has 0 aliphatic rings. The first-order valence-electron chi connectivity index (χ1n) is 12.8. The van der Waals surface area contributed by atoms with Crippen LogP contribution in [0.2, 0.25) is 0 Å². The summed E-state index contributed by atoms with van der Waals surface area (Å²) in [6.07, 6.45) is 0. The summed E-state index contributed by atoms with van der Waals surface area (Å²) in [6.45, 7) is 2.54. The largest absolute Gasteiger partial charge is 0.494 e. The predicted molar refractivity (Wildman–Crippen MR) is 166 cm³/mol. The van der Waals surface area contributed by atoms with Crippen LogP contribution in [0.25, 0.3) is 11.3 Å². The molecule has 2 N–H and O–H groups in total. The quantitative estimate of drug-likeness (QED) is 0.152. The number of thioether (sulfide) groups is 1. The van der Waals surface area contributed by atoms with Crippen molar-refractivity contribution in [3.63, 3.8) is 0 Å². The van der Waals surface area contributed by atoms with Gasteiger partial charge in [0, 0.05) is 21.5 Å². The van der Waals surface area contributed by atoms with E-state index in [2.05, 4.69) is 15.0 Å². The number of rotatable bonds is 11. The van der Waals surface area contributed by atoms with Gasteiger partial charge in [-0.3, -0.25) is 9.52 Å². The molecule has 1 atom stereocenters. The molecule has 0 saturated heterocycles. The summed E-state index contributed by atoms with van der Waals surface area (Å²) >= 11 is 2.74. The van der Waals surface area contributed by atoms with E-state index in [0.29, 0.717) is 17.4 Å². The van der Waals surface area contributed by atoms with E-state index in [1.807, 2.05) is 66.9 Å². The first-order valence-corrected chi connectivity index (χ1v) is 16.0. The van der Waals surface area contributed by atoms with Gasteiger partial charge < -0.3 is 10.1 Å². The van der Waals surface area contributed by atoms with Gasteiger partial charge in [0.1, 0.15) is 11.0 Å². The van der Waals surface area contributed by atoms with Crippen molar-refractivity contribution in [3.05, 3.63) is 120 Å². The number of anilines is 2. The highest BCUT2D eigenvalue weighted by Gasteiger charge is 2.23. The number of hydrogen-bond donors (Lipinski definition) is 2. The second kappa shape index (κ2) is 13.0. The summed E-state index contributed by atoms with van der Waals surface area (Å²) in [5.74, 6) is 0.590. The minimum atomic E-state index is -3.70. The molecule has 0 radical (unpaired) electrons. The Morgan fingerprint density at radius 2 is 1.56 bits per heavy atom. The van der Waals surface area contributed by atoms with Crippen molar-refractivity contribution in [1.82, 2.24) is 4.98 Å². The van der Waals surface area contributed by atoms with Gasteiger partial charge in [0.2, 0.25) is 5.91 Å². The van der Waals surface area contributed by atoms with Crippen LogP contribution in [0.15, 0.2) is 124 Å². The maximum atomic E-state index is 13.5. The maximum Gasteiger partial charge on any atom is 0.261 e. The molecule has 4 aromatic carbocycles. The molecule has 0 aliphatic heterocycles. The Balaban J connectivity index is 1.30. The third-order valence-corrected chi connectivity index (χ3v) is 9.37. The first kappa shape index (κ1) is 28.4. The average molecular weight is 602 g/mol. The van der Waals surface area contributed by atoms with Crippen LogP contribution in [0.5, 0.6) is 5.75 Å². The van der Waals surface area contributed by atoms with Crippen LogP contribution in [-0.2, 0) is 14.8 Å². The van der Waals surface area contributed by atoms with Crippen LogP contribution in [0.3, 0.4) is 0 Å². The molecular weight excluding hydrogens is 575 g/mol. The highest BCUT2D eigenvalue weighted by Crippen LogP contribution is 2.37. The minimum Gasteiger partial charge on any atom is -0.494 e. The fourth-order valence-corrected chi connectivity index (χ4v) is 6.80. The number of benzene rings is 4. The number of carbonyl (C=O) groups is 1. The Labute approximate surface area is 247 Å². The Kier molecular flexibility index (Phi) is 9.03. The number of aromatic nitrogens is 1. The number of sulfonamides is 1. The van der Waals surface area contributed by atoms with E-state index in [0.717, 1.165) is 27.5 Å². The summed E-state index contributed by atoms with van der Waals surface area (Å²) in [4.78, 5) is 19.1. The molecule has 1 unspecified atom stereocenters. The summed E-state index contributed by atoms with van der Waals surface area (Å²) in [5, 5.41) is 4.83. The predicted octanol–water partition coefficient (Wildman–Crippen LogP) is 7.48. The molecule has 0 saturated carbocycles. The van der Waals surface area contributed by atoms with E-state index >= 15 is 0 Å². The van der Waals surface area contributed by atoms with E-state index in [-0.39, 0.29) is 10.8 Å². The zero-order chi connectivity index (χ0) is 28.7. The van der Waals surface area contributed by atoms with Gasteiger partial charge in [-0.1, -0.05) is 48.5 Å². The summed E-state index contributed by atoms with van der Waals surface area (Å²) in [7, 11) is -3.70. The van der Waals surface area contributed by atoms with Crippen molar-refractivity contribution in [2.45, 2.75) is 22.0 Å². The average Bonchev–Trinajstić information content (AvgIpc) is 3.46. The molecule has 1 aromatic heterocycles. The Morgan fingerprint density at radius 3 is 2.22 bits per heavy atom. The van der Waals surface area contributed by atoms with E-state index < -0.39 is 15.3 Å². The number of nitrogens with zero attached hydrogens (tertiary/aromatic N) is 1. The summed E-state index contributed by atoms with van der Waals surface area (Å²) in [5.41, 5.74) is 2.98. The van der Waals surface area contributed by atoms with Gasteiger partial charge in [0.15, 0.2) is 5.13 Å². The van der Waals surface area contributed by atoms with Crippen molar-refractivity contribution in [2.75, 3.05) is 16.6 Å². The molecule has 1 amide bonds. The molecule has 0 bridgehead atoms. The molecule has 208 valence electrons. The molecule has 0 fully saturated rings. The number of ether oxygens (including phenoxy) is 1. The van der Waals surface area contributed by atoms with E-state index in [4.69, 9.17) is 4.74 Å². The Hall–Kier alpha value is -4.12. The zero-order valence-electron chi connectivity index (χ0n) is 22.1. The second-order valence-electron chi connectivity index (χ2n) is 8.84. The molecule has 5 aromatic rings. The number of carbonyl (C=O) groups excluding carboxylic acids is 1. The monoisotopic (exact) mass is 601 g/mol. The second-order valence-corrected chi connectivity index (χ2v) is 12.6. The maximum absolute atomic E-state index is 13.5. The third-order valence-electron chi connectivity index (χ3n) is 5.95. The highest BCUT2D eigenvalue weighted by molar-refractivity contribution is 8.00. The van der Waals surface area contributed by atoms with Gasteiger partial charge in [-0.25, -0.2) is 13.4 Å². The summed E-state index contributed by atoms with van der Waals surface area (Å²) < 4.78 is 33.4. The van der Waals surface area contributed by atoms with Gasteiger partial charge in [-0.15, -0.1) is 23.1 Å². The van der Waals surface area contributed by atoms with Crippen LogP contribution >= 0.6 is 23.1 Å². The number of amides is 1. The van der Waals surface area contributed by atoms with Crippen molar-refractivity contribution >= 4 is 49.8 Å². The van der Waals surface area contributed by atoms with E-state index in [1.165, 1.54) is 23.1 Å². The molecule has 41 heavy (non-hydrogen) atoms. The molecule has 0 aliphatic carbocycles. The summed E-state index contributed by atoms with van der Waals surface area (Å²) in [6, 6.07) is 32.4. The van der Waals surface area contributed by atoms with Gasteiger partial charge in [0.05, 0.1) is 17.2 Å². The van der Waals surface area contributed by atoms with Crippen LogP contribution in [0.1, 0.15) is 17.7 Å². The Morgan fingerprint density at radius 1 is 0.902 bits per heavy atom. The molecule has 7 nitrogen and oxygen atoms in total. The SMILES string of the molecule is CCOc1ccc(-c2csc(NC(=O)C(Sc3ccc(NS(=O)(=O)c4ccccc4)cc3)c3ccccc3)n2)cc1. The van der Waals surface area contributed by atoms with Gasteiger partial charge >= 0.3 is 0 Å². The number of hydrogen-bond acceptors (Lipinski definition) is 7. The molecular formula is C31H27N3O4S3. The Bertz CT molecular complexity index is 1690. The highest BCUT2D eigenvalue weighted by atomic mass is 32.2. The minimum absolute atomic E-state index is 0.187. The molecule has 1 heterocycles. The lowest BCUT2D eigenvalue weighted by atomic mass is 10.1. The molecule has 10 heteroatoms. The fraction of sp³-hybridized carbons (Fsp3) is 0.0968. The third kappa shape index (κ3) is 7.35. The fourth-order valence-electron chi connectivity index (χ4n) is 3.98. The first-order chi connectivity index (χ1) is 19.9. The van der Waals surface area contributed by atoms with Crippen LogP contribution in [0.4, 0.5) is 10.8 Å². The van der Waals surface area contributed by atoms with Gasteiger partial charge in [0.25, 0.3) is 10.0 Å². The lowest BCUT2D eigenvalue weighted by Gasteiger charge is -2.16. The lowest BCUT2D eigenvalue weighted by Crippen LogP contribution is -2.19. The lowest BCUT2D eigenvalue weighted by molar-refractivity contribution is -0.115. The molecule has 0 spiro atoms. The smallest absolute Gasteiger partial charge is 0.261 e. The standard InChI is InChI=1S/C31H27N3O4S3/c1-2-38-25-17-13-22(14-18-25)28-21-39-31(32-28)33-30(35)29(23-9-5-3-6-10-23)40-26-19-15-24(16-20-26)34-41(36,37)27-11-7-4-8-12-27/h3-21,29,34H,2H2,1H3,(H,32,33,35). The van der Waals surface area contributed by atoms with Gasteiger partial charge in [-0.05, 0) is 73.2 Å². The van der Waals surface area contributed by atoms with E-state index in [1.54, 1.807) is 54.6 Å². The number of nitrogens with one attached hydrogen (secondary N) is 2. The van der Waals surface area contributed by atoms with Gasteiger partial charge in [-0.2, -0.15) is 0 Å². The van der Waals surface area contributed by atoms with Crippen molar-refractivity contribution in [2.24, 2.45) is 0 Å². The van der Waals surface area contributed by atoms with Crippen LogP contribution in [-0.4, -0.2) is 25.9 Å². The number of thiazole rings is 1. The van der Waals surface area contributed by atoms with Crippen molar-refractivity contribution in [1.29, 1.82) is 0 Å². The van der Waals surface area contributed by atoms with Crippen molar-refractivity contribution in [3.8, 4) is 17.0 Å². The molecule has 5 rings (SSSR count). The topological polar surface area (TPSA) is 97.4 Å². The van der Waals surface area contributed by atoms with Crippen LogP contribution in [0, 0.1) is 0 Å². The van der Waals surface area contributed by atoms with Crippen molar-refractivity contribution < 1.29 is 17.9 Å². The van der Waals surface area contributed by atoms with Crippen LogP contribution < -0.4 is 14.8 Å². The zero-order valence-corrected chi connectivity index (χ0v) is 24.5. The van der Waals surface area contributed by atoms with E-state index in [9.17, 15) is 13.2 Å². The normalized spacial score (nSPS) is 11.9.